The molecule has 0 bridgehead atoms. The van der Waals surface area contributed by atoms with Gasteiger partial charge in [-0.2, -0.15) is 0 Å². The molecule has 0 atom stereocenters. The molecular formula is C31H27N7O. The van der Waals surface area contributed by atoms with Gasteiger partial charge in [0.2, 0.25) is 5.95 Å². The van der Waals surface area contributed by atoms with Crippen LogP contribution in [0.15, 0.2) is 116 Å². The van der Waals surface area contributed by atoms with Crippen LogP contribution in [-0.4, -0.2) is 36.1 Å². The summed E-state index contributed by atoms with van der Waals surface area (Å²) in [7, 11) is 0. The molecule has 3 aromatic heterocycles. The molecule has 0 fully saturated rings. The van der Waals surface area contributed by atoms with Crippen LogP contribution in [0.2, 0.25) is 0 Å². The molecule has 0 aliphatic heterocycles. The Hall–Kier alpha value is -5.24. The molecule has 3 heterocycles. The molecule has 2 N–H and O–H groups in total. The van der Waals surface area contributed by atoms with Gasteiger partial charge in [-0.15, -0.1) is 0 Å². The van der Waals surface area contributed by atoms with Crippen molar-refractivity contribution < 1.29 is 4.74 Å². The van der Waals surface area contributed by atoms with Gasteiger partial charge >= 0.3 is 0 Å². The first-order valence-corrected chi connectivity index (χ1v) is 12.8. The van der Waals surface area contributed by atoms with E-state index in [1.165, 1.54) is 5.56 Å². The van der Waals surface area contributed by atoms with E-state index in [9.17, 15) is 0 Å². The minimum Gasteiger partial charge on any atom is -0.493 e. The summed E-state index contributed by atoms with van der Waals surface area (Å²) in [5, 5.41) is 3.28. The number of aryl methyl sites for hydroxylation is 1. The summed E-state index contributed by atoms with van der Waals surface area (Å²) in [6.07, 6.45) is 9.97. The molecule has 192 valence electrons. The molecule has 0 aliphatic rings. The topological polar surface area (TPSA) is 93.5 Å². The molecule has 8 heteroatoms. The Kier molecular flexibility index (Phi) is 7.07. The first-order chi connectivity index (χ1) is 19.3. The molecule has 6 rings (SSSR count). The van der Waals surface area contributed by atoms with Gasteiger partial charge in [0.05, 0.1) is 30.5 Å². The average Bonchev–Trinajstić information content (AvgIpc) is 3.70. The Bertz CT molecular complexity index is 1640. The van der Waals surface area contributed by atoms with E-state index < -0.39 is 0 Å². The number of nitrogens with one attached hydrogen (secondary N) is 2. The second-order valence-corrected chi connectivity index (χ2v) is 9.01. The predicted molar refractivity (Wildman–Crippen MR) is 153 cm³/mol. The van der Waals surface area contributed by atoms with E-state index in [0.29, 0.717) is 12.6 Å². The van der Waals surface area contributed by atoms with Crippen LogP contribution in [0.4, 0.5) is 11.6 Å². The normalized spacial score (nSPS) is 10.9. The van der Waals surface area contributed by atoms with E-state index in [0.717, 1.165) is 52.7 Å². The second kappa shape index (κ2) is 11.4. The number of benzene rings is 3. The number of nitrogens with zero attached hydrogens (tertiary/aromatic N) is 5. The third kappa shape index (κ3) is 6.02. The lowest BCUT2D eigenvalue weighted by Gasteiger charge is -2.10. The van der Waals surface area contributed by atoms with Crippen LogP contribution < -0.4 is 10.1 Å². The van der Waals surface area contributed by atoms with Gasteiger partial charge in [0.25, 0.3) is 0 Å². The van der Waals surface area contributed by atoms with E-state index in [2.05, 4.69) is 55.6 Å². The highest BCUT2D eigenvalue weighted by Crippen LogP contribution is 2.27. The van der Waals surface area contributed by atoms with Crippen molar-refractivity contribution in [2.24, 2.45) is 0 Å². The maximum absolute atomic E-state index is 5.93. The maximum atomic E-state index is 5.93. The summed E-state index contributed by atoms with van der Waals surface area (Å²) in [6, 6.07) is 28.3. The Morgan fingerprint density at radius 2 is 1.69 bits per heavy atom. The van der Waals surface area contributed by atoms with Crippen molar-refractivity contribution in [3.05, 3.63) is 116 Å². The third-order valence-electron chi connectivity index (χ3n) is 6.23. The number of anilines is 2. The highest BCUT2D eigenvalue weighted by molar-refractivity contribution is 5.71. The highest BCUT2D eigenvalue weighted by Gasteiger charge is 2.10. The Balaban J connectivity index is 1.12. The van der Waals surface area contributed by atoms with Crippen molar-refractivity contribution in [3.63, 3.8) is 0 Å². The summed E-state index contributed by atoms with van der Waals surface area (Å²) >= 11 is 0. The van der Waals surface area contributed by atoms with Gasteiger partial charge in [-0.1, -0.05) is 54.6 Å². The first kappa shape index (κ1) is 24.1. The van der Waals surface area contributed by atoms with Gasteiger partial charge in [0.15, 0.2) is 0 Å². The van der Waals surface area contributed by atoms with Crippen molar-refractivity contribution in [1.29, 1.82) is 0 Å². The quantitative estimate of drug-likeness (QED) is 0.200. The summed E-state index contributed by atoms with van der Waals surface area (Å²) in [5.74, 6) is 2.07. The van der Waals surface area contributed by atoms with E-state index >= 15 is 0 Å². The van der Waals surface area contributed by atoms with Crippen molar-refractivity contribution in [1.82, 2.24) is 29.5 Å². The Morgan fingerprint density at radius 1 is 0.821 bits per heavy atom. The number of ether oxygens (including phenoxy) is 1. The fraction of sp³-hybridized carbons (Fsp3) is 0.0968. The molecule has 3 aromatic carbocycles. The molecule has 0 saturated heterocycles. The third-order valence-corrected chi connectivity index (χ3v) is 6.23. The van der Waals surface area contributed by atoms with Gasteiger partial charge in [-0.05, 0) is 41.8 Å². The number of aromatic nitrogens is 6. The van der Waals surface area contributed by atoms with Gasteiger partial charge in [0.1, 0.15) is 11.6 Å². The van der Waals surface area contributed by atoms with Crippen LogP contribution in [-0.2, 0) is 6.54 Å². The van der Waals surface area contributed by atoms with Crippen molar-refractivity contribution in [2.75, 3.05) is 11.9 Å². The molecule has 0 amide bonds. The predicted octanol–water partition coefficient (Wildman–Crippen LogP) is 6.61. The van der Waals surface area contributed by atoms with Crippen LogP contribution in [0.25, 0.3) is 33.9 Å². The van der Waals surface area contributed by atoms with Crippen molar-refractivity contribution in [2.45, 2.75) is 13.0 Å². The minimum atomic E-state index is 0.493. The average molecular weight is 514 g/mol. The van der Waals surface area contributed by atoms with Crippen LogP contribution in [0, 0.1) is 0 Å². The number of aromatic amines is 1. The summed E-state index contributed by atoms with van der Waals surface area (Å²) in [5.41, 5.74) is 5.73. The Labute approximate surface area is 226 Å². The summed E-state index contributed by atoms with van der Waals surface area (Å²) < 4.78 is 7.97. The van der Waals surface area contributed by atoms with E-state index in [1.807, 2.05) is 71.7 Å². The van der Waals surface area contributed by atoms with Crippen LogP contribution in [0.5, 0.6) is 5.75 Å². The molecule has 8 nitrogen and oxygen atoms in total. The lowest BCUT2D eigenvalue weighted by molar-refractivity contribution is 0.302. The van der Waals surface area contributed by atoms with Gasteiger partial charge in [0, 0.05) is 42.5 Å². The molecule has 0 unspecified atom stereocenters. The molecule has 0 spiro atoms. The molecule has 0 aliphatic carbocycles. The van der Waals surface area contributed by atoms with Gasteiger partial charge in [-0.3, -0.25) is 0 Å². The van der Waals surface area contributed by atoms with Crippen LogP contribution in [0.1, 0.15) is 6.42 Å². The summed E-state index contributed by atoms with van der Waals surface area (Å²) in [6.45, 7) is 1.48. The lowest BCUT2D eigenvalue weighted by Crippen LogP contribution is -2.03. The van der Waals surface area contributed by atoms with Crippen molar-refractivity contribution >= 4 is 11.6 Å². The smallest absolute Gasteiger partial charge is 0.227 e. The van der Waals surface area contributed by atoms with E-state index in [1.54, 1.807) is 18.6 Å². The number of hydrogen-bond donors (Lipinski definition) is 2. The van der Waals surface area contributed by atoms with Crippen molar-refractivity contribution in [3.8, 4) is 39.7 Å². The number of hydrogen-bond acceptors (Lipinski definition) is 6. The molecule has 0 saturated carbocycles. The fourth-order valence-corrected chi connectivity index (χ4v) is 4.29. The monoisotopic (exact) mass is 513 g/mol. The maximum Gasteiger partial charge on any atom is 0.227 e. The molecular weight excluding hydrogens is 486 g/mol. The van der Waals surface area contributed by atoms with E-state index in [4.69, 9.17) is 9.72 Å². The lowest BCUT2D eigenvalue weighted by atomic mass is 10.0. The van der Waals surface area contributed by atoms with E-state index in [-0.39, 0.29) is 0 Å². The zero-order valence-corrected chi connectivity index (χ0v) is 21.2. The zero-order valence-electron chi connectivity index (χ0n) is 21.2. The fourth-order valence-electron chi connectivity index (χ4n) is 4.29. The highest BCUT2D eigenvalue weighted by atomic mass is 16.5. The zero-order chi connectivity index (χ0) is 26.3. The molecule has 0 radical (unpaired) electrons. The minimum absolute atomic E-state index is 0.493. The van der Waals surface area contributed by atoms with Crippen LogP contribution in [0.3, 0.4) is 0 Å². The Morgan fingerprint density at radius 3 is 2.59 bits per heavy atom. The largest absolute Gasteiger partial charge is 0.493 e. The number of imidazole rings is 2. The van der Waals surface area contributed by atoms with Crippen LogP contribution >= 0.6 is 0 Å². The standard InChI is InChI=1S/C31H27N7O/c1-2-7-23(8-3-1)24-9-4-10-25(19-24)30-34-21-29(36-30)28-13-14-33-31(37-28)35-26-11-5-12-27(20-26)39-18-6-16-38-17-15-32-22-38/h1-5,7-15,17,19-22H,6,16,18H2,(H,34,36)(H,33,35,37). The number of rotatable bonds is 10. The molecule has 6 aromatic rings. The number of H-pyrrole nitrogens is 1. The van der Waals surface area contributed by atoms with Gasteiger partial charge in [-0.25, -0.2) is 19.9 Å². The van der Waals surface area contributed by atoms with Gasteiger partial charge < -0.3 is 19.6 Å². The SMILES string of the molecule is c1ccc(-c2cccc(-c3ncc(-c4ccnc(Nc5cccc(OCCCn6ccnc6)c5)n4)[nH]3)c2)cc1. The molecule has 39 heavy (non-hydrogen) atoms. The first-order valence-electron chi connectivity index (χ1n) is 12.8. The second-order valence-electron chi connectivity index (χ2n) is 9.01. The summed E-state index contributed by atoms with van der Waals surface area (Å²) in [4.78, 5) is 21.2.